The Labute approximate surface area is 156 Å². The highest BCUT2D eigenvalue weighted by Crippen LogP contribution is 2.20. The maximum atomic E-state index is 12.0. The van der Waals surface area contributed by atoms with Gasteiger partial charge >= 0.3 is 0 Å². The SMILES string of the molecule is O=C1CCCN1/N=C(\Cc1ccnc2ccccc12)c1cccc(Cl)n1. The van der Waals surface area contributed by atoms with Crippen molar-refractivity contribution in [3.05, 3.63) is 71.1 Å². The van der Waals surface area contributed by atoms with Gasteiger partial charge in [0.1, 0.15) is 5.15 Å². The average Bonchev–Trinajstić information content (AvgIpc) is 3.06. The molecule has 1 aromatic carbocycles. The number of carbonyl (C=O) groups excluding carboxylic acids is 1. The summed E-state index contributed by atoms with van der Waals surface area (Å²) < 4.78 is 0. The second-order valence-corrected chi connectivity index (χ2v) is 6.56. The summed E-state index contributed by atoms with van der Waals surface area (Å²) in [7, 11) is 0. The molecule has 0 unspecified atom stereocenters. The van der Waals surface area contributed by atoms with Gasteiger partial charge in [0.15, 0.2) is 0 Å². The molecular weight excluding hydrogens is 348 g/mol. The van der Waals surface area contributed by atoms with Crippen molar-refractivity contribution in [3.63, 3.8) is 0 Å². The summed E-state index contributed by atoms with van der Waals surface area (Å²) in [6.07, 6.45) is 3.70. The number of hydrazone groups is 1. The number of para-hydroxylation sites is 1. The monoisotopic (exact) mass is 364 g/mol. The highest BCUT2D eigenvalue weighted by Gasteiger charge is 2.21. The van der Waals surface area contributed by atoms with Crippen LogP contribution in [0.25, 0.3) is 10.9 Å². The Morgan fingerprint density at radius 3 is 2.85 bits per heavy atom. The molecule has 0 atom stereocenters. The van der Waals surface area contributed by atoms with Gasteiger partial charge in [-0.25, -0.2) is 9.99 Å². The number of fused-ring (bicyclic) bond motifs is 1. The maximum Gasteiger partial charge on any atom is 0.242 e. The van der Waals surface area contributed by atoms with Crippen LogP contribution < -0.4 is 0 Å². The summed E-state index contributed by atoms with van der Waals surface area (Å²) in [6.45, 7) is 0.639. The van der Waals surface area contributed by atoms with Crippen LogP contribution in [0.5, 0.6) is 0 Å². The van der Waals surface area contributed by atoms with Crippen molar-refractivity contribution in [2.24, 2.45) is 5.10 Å². The van der Waals surface area contributed by atoms with Crippen LogP contribution in [-0.4, -0.2) is 33.1 Å². The van der Waals surface area contributed by atoms with Crippen LogP contribution in [0.3, 0.4) is 0 Å². The van der Waals surface area contributed by atoms with Crippen molar-refractivity contribution >= 4 is 34.1 Å². The molecule has 1 amide bonds. The molecule has 3 aromatic rings. The maximum absolute atomic E-state index is 12.0. The highest BCUT2D eigenvalue weighted by molar-refractivity contribution is 6.29. The first kappa shape index (κ1) is 16.7. The number of pyridine rings is 2. The summed E-state index contributed by atoms with van der Waals surface area (Å²) in [5.41, 5.74) is 3.42. The normalized spacial score (nSPS) is 15.0. The Morgan fingerprint density at radius 1 is 1.15 bits per heavy atom. The first-order valence-electron chi connectivity index (χ1n) is 8.54. The predicted octanol–water partition coefficient (Wildman–Crippen LogP) is 3.85. The van der Waals surface area contributed by atoms with E-state index in [-0.39, 0.29) is 5.91 Å². The molecule has 0 bridgehead atoms. The minimum absolute atomic E-state index is 0.0455. The first-order valence-corrected chi connectivity index (χ1v) is 8.92. The molecule has 3 heterocycles. The second-order valence-electron chi connectivity index (χ2n) is 6.18. The van der Waals surface area contributed by atoms with Crippen LogP contribution in [0.1, 0.15) is 24.1 Å². The van der Waals surface area contributed by atoms with Gasteiger partial charge in [0, 0.05) is 31.0 Å². The van der Waals surface area contributed by atoms with Crippen molar-refractivity contribution in [2.75, 3.05) is 6.54 Å². The van der Waals surface area contributed by atoms with Gasteiger partial charge in [-0.2, -0.15) is 5.10 Å². The van der Waals surface area contributed by atoms with E-state index in [0.29, 0.717) is 30.2 Å². The van der Waals surface area contributed by atoms with Crippen LogP contribution in [0, 0.1) is 0 Å². The van der Waals surface area contributed by atoms with Gasteiger partial charge in [0.2, 0.25) is 5.91 Å². The zero-order chi connectivity index (χ0) is 17.9. The molecule has 0 aliphatic carbocycles. The van der Waals surface area contributed by atoms with Crippen molar-refractivity contribution in [1.29, 1.82) is 0 Å². The number of nitrogens with zero attached hydrogens (tertiary/aromatic N) is 4. The van der Waals surface area contributed by atoms with Gasteiger partial charge in [0.25, 0.3) is 0 Å². The number of amides is 1. The topological polar surface area (TPSA) is 58.5 Å². The molecule has 26 heavy (non-hydrogen) atoms. The van der Waals surface area contributed by atoms with E-state index in [9.17, 15) is 4.79 Å². The van der Waals surface area contributed by atoms with E-state index in [2.05, 4.69) is 15.1 Å². The Bertz CT molecular complexity index is 997. The summed E-state index contributed by atoms with van der Waals surface area (Å²) >= 11 is 6.08. The molecular formula is C20H17ClN4O. The average molecular weight is 365 g/mol. The van der Waals surface area contributed by atoms with E-state index in [4.69, 9.17) is 11.6 Å². The number of carbonyl (C=O) groups is 1. The Balaban J connectivity index is 1.77. The lowest BCUT2D eigenvalue weighted by molar-refractivity contribution is -0.127. The molecule has 5 nitrogen and oxygen atoms in total. The lowest BCUT2D eigenvalue weighted by Gasteiger charge is -2.14. The number of rotatable bonds is 4. The Morgan fingerprint density at radius 2 is 2.04 bits per heavy atom. The first-order chi connectivity index (χ1) is 12.7. The third-order valence-corrected chi connectivity index (χ3v) is 4.61. The van der Waals surface area contributed by atoms with Crippen LogP contribution in [0.15, 0.2) is 59.8 Å². The van der Waals surface area contributed by atoms with E-state index in [0.717, 1.165) is 28.6 Å². The van der Waals surface area contributed by atoms with E-state index in [1.165, 1.54) is 0 Å². The highest BCUT2D eigenvalue weighted by atomic mass is 35.5. The van der Waals surface area contributed by atoms with Gasteiger partial charge in [0.05, 0.1) is 16.9 Å². The van der Waals surface area contributed by atoms with Gasteiger partial charge in [-0.15, -0.1) is 0 Å². The molecule has 1 saturated heterocycles. The van der Waals surface area contributed by atoms with Crippen LogP contribution in [-0.2, 0) is 11.2 Å². The molecule has 130 valence electrons. The Hall–Kier alpha value is -2.79. The number of hydrogen-bond donors (Lipinski definition) is 0. The fraction of sp³-hybridized carbons (Fsp3) is 0.200. The van der Waals surface area contributed by atoms with E-state index >= 15 is 0 Å². The Kier molecular flexibility index (Phi) is 4.63. The van der Waals surface area contributed by atoms with E-state index < -0.39 is 0 Å². The number of hydrogen-bond acceptors (Lipinski definition) is 4. The zero-order valence-electron chi connectivity index (χ0n) is 14.1. The molecule has 6 heteroatoms. The lowest BCUT2D eigenvalue weighted by atomic mass is 10.0. The summed E-state index contributed by atoms with van der Waals surface area (Å²) in [6, 6.07) is 15.4. The van der Waals surface area contributed by atoms with E-state index in [1.54, 1.807) is 17.3 Å². The summed E-state index contributed by atoms with van der Waals surface area (Å²) in [5.74, 6) is 0.0455. The lowest BCUT2D eigenvalue weighted by Crippen LogP contribution is -2.22. The molecule has 1 aliphatic rings. The third kappa shape index (κ3) is 3.44. The quantitative estimate of drug-likeness (QED) is 0.522. The fourth-order valence-corrected chi connectivity index (χ4v) is 3.28. The molecule has 0 N–H and O–H groups in total. The van der Waals surface area contributed by atoms with Gasteiger partial charge < -0.3 is 0 Å². The van der Waals surface area contributed by atoms with Crippen molar-refractivity contribution < 1.29 is 4.79 Å². The van der Waals surface area contributed by atoms with Crippen molar-refractivity contribution in [3.8, 4) is 0 Å². The standard InChI is InChI=1S/C20H17ClN4O/c21-19-8-3-7-17(23-19)18(24-25-12-4-9-20(25)26)13-14-10-11-22-16-6-2-1-5-15(14)16/h1-3,5-8,10-11H,4,9,12-13H2/b24-18+. The van der Waals surface area contributed by atoms with Crippen LogP contribution in [0.2, 0.25) is 5.15 Å². The predicted molar refractivity (Wildman–Crippen MR) is 102 cm³/mol. The largest absolute Gasteiger partial charge is 0.273 e. The fourth-order valence-electron chi connectivity index (χ4n) is 3.12. The van der Waals surface area contributed by atoms with Crippen LogP contribution >= 0.6 is 11.6 Å². The molecule has 0 radical (unpaired) electrons. The molecule has 1 aliphatic heterocycles. The number of aromatic nitrogens is 2. The zero-order valence-corrected chi connectivity index (χ0v) is 14.9. The molecule has 4 rings (SSSR count). The van der Waals surface area contributed by atoms with E-state index in [1.807, 2.05) is 42.5 Å². The smallest absolute Gasteiger partial charge is 0.242 e. The van der Waals surface area contributed by atoms with Crippen molar-refractivity contribution in [1.82, 2.24) is 15.0 Å². The molecule has 0 saturated carbocycles. The molecule has 0 spiro atoms. The number of halogens is 1. The second kappa shape index (κ2) is 7.22. The third-order valence-electron chi connectivity index (χ3n) is 4.40. The van der Waals surface area contributed by atoms with Gasteiger partial charge in [-0.05, 0) is 36.2 Å². The molecule has 2 aromatic heterocycles. The minimum Gasteiger partial charge on any atom is -0.273 e. The minimum atomic E-state index is 0.0455. The summed E-state index contributed by atoms with van der Waals surface area (Å²) in [4.78, 5) is 20.8. The van der Waals surface area contributed by atoms with Crippen LogP contribution in [0.4, 0.5) is 0 Å². The van der Waals surface area contributed by atoms with Crippen molar-refractivity contribution in [2.45, 2.75) is 19.3 Å². The van der Waals surface area contributed by atoms with Gasteiger partial charge in [-0.3, -0.25) is 9.78 Å². The summed E-state index contributed by atoms with van der Waals surface area (Å²) in [5, 5.41) is 7.64. The van der Waals surface area contributed by atoms with Gasteiger partial charge in [-0.1, -0.05) is 35.9 Å². The molecule has 1 fully saturated rings. The number of benzene rings is 1.